The van der Waals surface area contributed by atoms with Gasteiger partial charge in [0, 0.05) is 19.1 Å². The normalized spacial score (nSPS) is 19.8. The number of rotatable bonds is 6. The third-order valence-corrected chi connectivity index (χ3v) is 3.50. The highest BCUT2D eigenvalue weighted by Gasteiger charge is 2.47. The van der Waals surface area contributed by atoms with Crippen molar-refractivity contribution in [2.24, 2.45) is 5.92 Å². The van der Waals surface area contributed by atoms with Gasteiger partial charge in [0.05, 0.1) is 4.92 Å². The molecule has 1 saturated heterocycles. The summed E-state index contributed by atoms with van der Waals surface area (Å²) in [6.45, 7) is 2.53. The fourth-order valence-electron chi connectivity index (χ4n) is 2.22. The molecule has 0 aliphatic carbocycles. The van der Waals surface area contributed by atoms with Crippen LogP contribution in [0.25, 0.3) is 0 Å². The molecule has 0 bridgehead atoms. The number of ether oxygens (including phenoxy) is 3. The molecule has 1 aliphatic rings. The lowest BCUT2D eigenvalue weighted by Gasteiger charge is -2.38. The van der Waals surface area contributed by atoms with Gasteiger partial charge in [-0.25, -0.2) is 4.79 Å². The Kier molecular flexibility index (Phi) is 5.52. The summed E-state index contributed by atoms with van der Waals surface area (Å²) in [5, 5.41) is 12.9. The summed E-state index contributed by atoms with van der Waals surface area (Å²) >= 11 is 0. The summed E-state index contributed by atoms with van der Waals surface area (Å²) < 4.78 is 14.8. The van der Waals surface area contributed by atoms with Gasteiger partial charge in [0.1, 0.15) is 18.6 Å². The van der Waals surface area contributed by atoms with E-state index in [0.29, 0.717) is 5.56 Å². The van der Waals surface area contributed by atoms with E-state index >= 15 is 0 Å². The Labute approximate surface area is 142 Å². The zero-order valence-electron chi connectivity index (χ0n) is 13.5. The van der Waals surface area contributed by atoms with E-state index in [1.807, 2.05) is 0 Å². The Morgan fingerprint density at radius 2 is 1.96 bits per heavy atom. The van der Waals surface area contributed by atoms with Gasteiger partial charge in [0.2, 0.25) is 5.91 Å². The standard InChI is InChI=1S/C15H16N2O8/c1-8(12-13(19)16-14(12)25-9(2)18)24-15(20)23-7-10-3-5-11(6-4-10)17(21)22/h3-6,8,12,14H,7H2,1-2H3,(H,16,19)/t8-,12-,14+/m1/s1. The van der Waals surface area contributed by atoms with Crippen molar-refractivity contribution in [1.82, 2.24) is 5.32 Å². The molecule has 0 spiro atoms. The Bertz CT molecular complexity index is 687. The van der Waals surface area contributed by atoms with Crippen LogP contribution in [-0.2, 0) is 30.4 Å². The van der Waals surface area contributed by atoms with E-state index in [-0.39, 0.29) is 12.3 Å². The number of amides is 1. The fraction of sp³-hybridized carbons (Fsp3) is 0.400. The topological polar surface area (TPSA) is 134 Å². The summed E-state index contributed by atoms with van der Waals surface area (Å²) in [6, 6.07) is 5.47. The Morgan fingerprint density at radius 1 is 1.32 bits per heavy atom. The van der Waals surface area contributed by atoms with Crippen molar-refractivity contribution in [3.63, 3.8) is 0 Å². The number of nitro benzene ring substituents is 1. The van der Waals surface area contributed by atoms with Crippen LogP contribution in [0, 0.1) is 16.0 Å². The van der Waals surface area contributed by atoms with Crippen molar-refractivity contribution in [2.45, 2.75) is 32.8 Å². The number of carbonyl (C=O) groups is 3. The van der Waals surface area contributed by atoms with Gasteiger partial charge in [-0.3, -0.25) is 19.7 Å². The zero-order valence-corrected chi connectivity index (χ0v) is 13.5. The van der Waals surface area contributed by atoms with Gasteiger partial charge in [-0.1, -0.05) is 0 Å². The predicted octanol–water partition coefficient (Wildman–Crippen LogP) is 1.27. The average Bonchev–Trinajstić information content (AvgIpc) is 2.52. The number of non-ortho nitro benzene ring substituents is 1. The van der Waals surface area contributed by atoms with Gasteiger partial charge in [-0.2, -0.15) is 0 Å². The van der Waals surface area contributed by atoms with E-state index in [0.717, 1.165) is 0 Å². The number of nitrogens with one attached hydrogen (secondary N) is 1. The molecule has 1 aromatic carbocycles. The summed E-state index contributed by atoms with van der Waals surface area (Å²) in [6.07, 6.45) is -2.71. The first-order valence-corrected chi connectivity index (χ1v) is 7.32. The lowest BCUT2D eigenvalue weighted by molar-refractivity contribution is -0.384. The van der Waals surface area contributed by atoms with Gasteiger partial charge in [0.15, 0.2) is 6.23 Å². The molecule has 25 heavy (non-hydrogen) atoms. The van der Waals surface area contributed by atoms with Crippen LogP contribution < -0.4 is 5.32 Å². The Morgan fingerprint density at radius 3 is 2.48 bits per heavy atom. The largest absolute Gasteiger partial charge is 0.508 e. The molecular weight excluding hydrogens is 336 g/mol. The van der Waals surface area contributed by atoms with Crippen molar-refractivity contribution in [1.29, 1.82) is 0 Å². The molecule has 1 amide bonds. The minimum atomic E-state index is -1.01. The highest BCUT2D eigenvalue weighted by molar-refractivity contribution is 5.87. The van der Waals surface area contributed by atoms with Gasteiger partial charge in [-0.05, 0) is 24.6 Å². The maximum Gasteiger partial charge on any atom is 0.508 e. The molecule has 0 aromatic heterocycles. The molecule has 10 heteroatoms. The minimum Gasteiger partial charge on any atom is -0.441 e. The van der Waals surface area contributed by atoms with Gasteiger partial charge < -0.3 is 19.5 Å². The quantitative estimate of drug-likeness (QED) is 0.350. The molecule has 1 N–H and O–H groups in total. The van der Waals surface area contributed by atoms with Crippen LogP contribution in [0.4, 0.5) is 10.5 Å². The van der Waals surface area contributed by atoms with E-state index in [2.05, 4.69) is 5.32 Å². The molecule has 0 radical (unpaired) electrons. The summed E-state index contributed by atoms with van der Waals surface area (Å²) in [7, 11) is 0. The molecule has 1 aliphatic heterocycles. The summed E-state index contributed by atoms with van der Waals surface area (Å²) in [4.78, 5) is 44.1. The van der Waals surface area contributed by atoms with Crippen molar-refractivity contribution >= 4 is 23.7 Å². The maximum atomic E-state index is 11.7. The second kappa shape index (κ2) is 7.60. The molecule has 134 valence electrons. The number of hydrogen-bond acceptors (Lipinski definition) is 8. The predicted molar refractivity (Wildman–Crippen MR) is 81.0 cm³/mol. The van der Waals surface area contributed by atoms with Crippen LogP contribution in [-0.4, -0.2) is 35.3 Å². The van der Waals surface area contributed by atoms with Gasteiger partial charge in [-0.15, -0.1) is 0 Å². The SMILES string of the molecule is CC(=O)O[C@@H]1NC(=O)[C@H]1[C@@H](C)OC(=O)OCc1ccc([N+](=O)[O-])cc1. The van der Waals surface area contributed by atoms with Crippen LogP contribution in [0.5, 0.6) is 0 Å². The van der Waals surface area contributed by atoms with E-state index in [4.69, 9.17) is 14.2 Å². The van der Waals surface area contributed by atoms with Crippen LogP contribution in [0.1, 0.15) is 19.4 Å². The monoisotopic (exact) mass is 352 g/mol. The minimum absolute atomic E-state index is 0.0764. The second-order valence-corrected chi connectivity index (χ2v) is 5.35. The van der Waals surface area contributed by atoms with E-state index < -0.39 is 41.2 Å². The van der Waals surface area contributed by atoms with Crippen LogP contribution in [0.3, 0.4) is 0 Å². The number of benzene rings is 1. The van der Waals surface area contributed by atoms with Gasteiger partial charge >= 0.3 is 12.1 Å². The van der Waals surface area contributed by atoms with Crippen LogP contribution in [0.15, 0.2) is 24.3 Å². The number of esters is 1. The first-order chi connectivity index (χ1) is 11.8. The van der Waals surface area contributed by atoms with Crippen molar-refractivity contribution in [3.05, 3.63) is 39.9 Å². The fourth-order valence-corrected chi connectivity index (χ4v) is 2.22. The molecular formula is C15H16N2O8. The highest BCUT2D eigenvalue weighted by Crippen LogP contribution is 2.23. The Hall–Kier alpha value is -3.17. The number of carbonyl (C=O) groups excluding carboxylic acids is 3. The van der Waals surface area contributed by atoms with E-state index in [1.54, 1.807) is 0 Å². The van der Waals surface area contributed by atoms with Crippen molar-refractivity contribution < 1.29 is 33.5 Å². The number of nitro groups is 1. The third-order valence-electron chi connectivity index (χ3n) is 3.50. The third kappa shape index (κ3) is 4.66. The van der Waals surface area contributed by atoms with Crippen LogP contribution >= 0.6 is 0 Å². The van der Waals surface area contributed by atoms with Crippen molar-refractivity contribution in [3.8, 4) is 0 Å². The summed E-state index contributed by atoms with van der Waals surface area (Å²) in [5.41, 5.74) is 0.460. The molecule has 3 atom stereocenters. The van der Waals surface area contributed by atoms with Crippen molar-refractivity contribution in [2.75, 3.05) is 0 Å². The smallest absolute Gasteiger partial charge is 0.441 e. The number of hydrogen-bond donors (Lipinski definition) is 1. The molecule has 0 unspecified atom stereocenters. The zero-order chi connectivity index (χ0) is 18.6. The molecule has 10 nitrogen and oxygen atoms in total. The van der Waals surface area contributed by atoms with E-state index in [9.17, 15) is 24.5 Å². The molecule has 1 heterocycles. The average molecular weight is 352 g/mol. The van der Waals surface area contributed by atoms with Crippen LogP contribution in [0.2, 0.25) is 0 Å². The lowest BCUT2D eigenvalue weighted by Crippen LogP contribution is -2.63. The van der Waals surface area contributed by atoms with Gasteiger partial charge in [0.25, 0.3) is 5.69 Å². The summed E-state index contributed by atoms with van der Waals surface area (Å²) in [5.74, 6) is -1.78. The molecule has 1 fully saturated rings. The first-order valence-electron chi connectivity index (χ1n) is 7.32. The number of nitrogens with zero attached hydrogens (tertiary/aromatic N) is 1. The lowest BCUT2D eigenvalue weighted by atomic mass is 9.93. The highest BCUT2D eigenvalue weighted by atomic mass is 16.7. The first kappa shape index (κ1) is 18.2. The molecule has 0 saturated carbocycles. The van der Waals surface area contributed by atoms with E-state index in [1.165, 1.54) is 38.1 Å². The molecule has 2 rings (SSSR count). The Balaban J connectivity index is 1.82. The molecule has 1 aromatic rings. The maximum absolute atomic E-state index is 11.7. The second-order valence-electron chi connectivity index (χ2n) is 5.35. The number of β-lactam (4-membered cyclic amide) rings is 1.